The minimum atomic E-state index is -4.48. The van der Waals surface area contributed by atoms with Crippen LogP contribution in [0.3, 0.4) is 0 Å². The van der Waals surface area contributed by atoms with E-state index in [0.717, 1.165) is 12.1 Å². The molecule has 2 aromatic heterocycles. The highest BCUT2D eigenvalue weighted by Gasteiger charge is 2.53. The largest absolute Gasteiger partial charge is 0.416 e. The van der Waals surface area contributed by atoms with Gasteiger partial charge in [0.25, 0.3) is 15.9 Å². The summed E-state index contributed by atoms with van der Waals surface area (Å²) < 4.78 is 92.9. The summed E-state index contributed by atoms with van der Waals surface area (Å²) in [6, 6.07) is 8.27. The molecule has 1 saturated heterocycles. The topological polar surface area (TPSA) is 79.4 Å². The number of nitrogens with zero attached hydrogens (tertiary/aromatic N) is 2. The van der Waals surface area contributed by atoms with E-state index in [1.54, 1.807) is 0 Å². The van der Waals surface area contributed by atoms with E-state index in [0.29, 0.717) is 32.5 Å². The van der Waals surface area contributed by atoms with Crippen molar-refractivity contribution in [1.82, 2.24) is 14.6 Å². The second kappa shape index (κ2) is 9.69. The number of thiophene rings is 1. The van der Waals surface area contributed by atoms with Crippen LogP contribution in [0.4, 0.5) is 22.0 Å². The summed E-state index contributed by atoms with van der Waals surface area (Å²) in [5.41, 5.74) is 0.407. The maximum Gasteiger partial charge on any atom is 0.416 e. The maximum atomic E-state index is 14.2. The van der Waals surface area contributed by atoms with E-state index in [4.69, 9.17) is 11.6 Å². The molecular weight excluding hydrogens is 549 g/mol. The highest BCUT2D eigenvalue weighted by molar-refractivity contribution is 7.91. The lowest BCUT2D eigenvalue weighted by atomic mass is 10.1. The van der Waals surface area contributed by atoms with Crippen molar-refractivity contribution in [3.05, 3.63) is 70.2 Å². The number of alkyl halides is 5. The van der Waals surface area contributed by atoms with Crippen molar-refractivity contribution in [3.8, 4) is 11.3 Å². The normalized spacial score (nSPS) is 18.3. The van der Waals surface area contributed by atoms with Crippen LogP contribution in [0.2, 0.25) is 4.34 Å². The quantitative estimate of drug-likeness (QED) is 0.417. The standard InChI is InChI=1S/C22H17ClF5N3O3S2/c23-18-5-6-19(35-18)36(33,34)31-12-21(24,25)10-17(31)20(32)30-11-13-7-8-29-16(9-13)14-1-3-15(4-2-14)22(26,27)28/h1-9,17H,10-12H2,(H,30,32). The Kier molecular flexibility index (Phi) is 7.12. The lowest BCUT2D eigenvalue weighted by molar-refractivity contribution is -0.137. The van der Waals surface area contributed by atoms with Crippen molar-refractivity contribution in [2.75, 3.05) is 6.54 Å². The van der Waals surface area contributed by atoms with Crippen molar-refractivity contribution in [1.29, 1.82) is 0 Å². The zero-order valence-corrected chi connectivity index (χ0v) is 20.5. The first-order chi connectivity index (χ1) is 16.8. The average Bonchev–Trinajstić information content (AvgIpc) is 3.40. The number of carbonyl (C=O) groups is 1. The van der Waals surface area contributed by atoms with Crippen LogP contribution in [-0.4, -0.2) is 42.1 Å². The van der Waals surface area contributed by atoms with E-state index in [-0.39, 0.29) is 15.1 Å². The third kappa shape index (κ3) is 5.69. The van der Waals surface area contributed by atoms with Crippen LogP contribution in [0, 0.1) is 0 Å². The third-order valence-corrected chi connectivity index (χ3v) is 8.99. The summed E-state index contributed by atoms with van der Waals surface area (Å²) in [6.45, 7) is -1.29. The number of amides is 1. The van der Waals surface area contributed by atoms with Crippen LogP contribution in [0.15, 0.2) is 58.9 Å². The molecule has 0 spiro atoms. The van der Waals surface area contributed by atoms with Crippen molar-refractivity contribution < 1.29 is 35.2 Å². The molecule has 1 amide bonds. The highest BCUT2D eigenvalue weighted by atomic mass is 35.5. The molecule has 3 aromatic rings. The van der Waals surface area contributed by atoms with E-state index in [2.05, 4.69) is 10.3 Å². The number of sulfonamides is 1. The fourth-order valence-electron chi connectivity index (χ4n) is 3.69. The molecule has 1 unspecified atom stereocenters. The summed E-state index contributed by atoms with van der Waals surface area (Å²) in [7, 11) is -4.39. The number of hydrogen-bond donors (Lipinski definition) is 1. The van der Waals surface area contributed by atoms with Crippen LogP contribution in [0.1, 0.15) is 17.5 Å². The second-order valence-corrected chi connectivity index (χ2v) is 11.9. The van der Waals surface area contributed by atoms with Crippen LogP contribution < -0.4 is 5.32 Å². The molecule has 1 fully saturated rings. The minimum Gasteiger partial charge on any atom is -0.351 e. The molecular formula is C22H17ClF5N3O3S2. The SMILES string of the molecule is O=C(NCc1ccnc(-c2ccc(C(F)(F)F)cc2)c1)C1CC(F)(F)CN1S(=O)(=O)c1ccc(Cl)s1. The van der Waals surface area contributed by atoms with E-state index in [9.17, 15) is 35.2 Å². The van der Waals surface area contributed by atoms with Gasteiger partial charge < -0.3 is 5.32 Å². The van der Waals surface area contributed by atoms with E-state index < -0.39 is 52.6 Å². The lowest BCUT2D eigenvalue weighted by Crippen LogP contribution is -2.45. The Hall–Kier alpha value is -2.61. The number of aromatic nitrogens is 1. The Morgan fingerprint density at radius 2 is 1.86 bits per heavy atom. The molecule has 0 saturated carbocycles. The summed E-state index contributed by atoms with van der Waals surface area (Å²) in [5, 5.41) is 2.47. The summed E-state index contributed by atoms with van der Waals surface area (Å²) >= 11 is 6.48. The van der Waals surface area contributed by atoms with E-state index >= 15 is 0 Å². The van der Waals surface area contributed by atoms with Gasteiger partial charge in [-0.1, -0.05) is 23.7 Å². The molecule has 4 rings (SSSR count). The zero-order chi connectivity index (χ0) is 26.3. The van der Waals surface area contributed by atoms with Gasteiger partial charge in [-0.05, 0) is 42.0 Å². The Labute approximate surface area is 211 Å². The molecule has 6 nitrogen and oxygen atoms in total. The Balaban J connectivity index is 1.49. The van der Waals surface area contributed by atoms with Crippen molar-refractivity contribution >= 4 is 38.9 Å². The second-order valence-electron chi connectivity index (χ2n) is 8.03. The van der Waals surface area contributed by atoms with Gasteiger partial charge in [0.1, 0.15) is 10.3 Å². The van der Waals surface area contributed by atoms with Gasteiger partial charge in [-0.25, -0.2) is 17.2 Å². The van der Waals surface area contributed by atoms with Crippen LogP contribution in [0.5, 0.6) is 0 Å². The molecule has 1 aliphatic rings. The molecule has 192 valence electrons. The molecule has 0 bridgehead atoms. The molecule has 3 heterocycles. The Morgan fingerprint density at radius 1 is 1.17 bits per heavy atom. The number of nitrogens with one attached hydrogen (secondary N) is 1. The number of benzene rings is 1. The number of hydrogen-bond acceptors (Lipinski definition) is 5. The summed E-state index contributed by atoms with van der Waals surface area (Å²) in [6.07, 6.45) is -4.08. The Morgan fingerprint density at radius 3 is 2.47 bits per heavy atom. The van der Waals surface area contributed by atoms with Gasteiger partial charge in [0.2, 0.25) is 5.91 Å². The summed E-state index contributed by atoms with van der Waals surface area (Å²) in [4.78, 5) is 16.9. The highest BCUT2D eigenvalue weighted by Crippen LogP contribution is 2.38. The first-order valence-corrected chi connectivity index (χ1v) is 12.9. The predicted molar refractivity (Wildman–Crippen MR) is 123 cm³/mol. The maximum absolute atomic E-state index is 14.2. The molecule has 1 atom stereocenters. The fraction of sp³-hybridized carbons (Fsp3) is 0.273. The van der Waals surface area contributed by atoms with Crippen LogP contribution >= 0.6 is 22.9 Å². The smallest absolute Gasteiger partial charge is 0.351 e. The van der Waals surface area contributed by atoms with E-state index in [1.165, 1.54) is 42.6 Å². The minimum absolute atomic E-state index is 0.143. The van der Waals surface area contributed by atoms with Gasteiger partial charge in [-0.2, -0.15) is 17.5 Å². The van der Waals surface area contributed by atoms with Crippen molar-refractivity contribution in [2.24, 2.45) is 0 Å². The molecule has 0 aliphatic carbocycles. The fourth-order valence-corrected chi connectivity index (χ4v) is 6.92. The molecule has 1 aromatic carbocycles. The third-order valence-electron chi connectivity index (χ3n) is 5.44. The Bertz CT molecular complexity index is 1380. The van der Waals surface area contributed by atoms with Gasteiger partial charge >= 0.3 is 6.18 Å². The first-order valence-electron chi connectivity index (χ1n) is 10.3. The number of carbonyl (C=O) groups excluding carboxylic acids is 1. The van der Waals surface area contributed by atoms with E-state index in [1.807, 2.05) is 0 Å². The molecule has 14 heteroatoms. The zero-order valence-electron chi connectivity index (χ0n) is 18.1. The monoisotopic (exact) mass is 565 g/mol. The molecule has 1 N–H and O–H groups in total. The van der Waals surface area contributed by atoms with Crippen molar-refractivity contribution in [2.45, 2.75) is 35.3 Å². The summed E-state index contributed by atoms with van der Waals surface area (Å²) in [5.74, 6) is -4.31. The molecule has 0 radical (unpaired) electrons. The number of halogens is 6. The van der Waals surface area contributed by atoms with Gasteiger partial charge in [0.05, 0.1) is 22.1 Å². The van der Waals surface area contributed by atoms with Gasteiger partial charge in [-0.3, -0.25) is 9.78 Å². The van der Waals surface area contributed by atoms with Crippen LogP contribution in [0.25, 0.3) is 11.3 Å². The van der Waals surface area contributed by atoms with Gasteiger partial charge in [0.15, 0.2) is 0 Å². The van der Waals surface area contributed by atoms with Crippen molar-refractivity contribution in [3.63, 3.8) is 0 Å². The molecule has 36 heavy (non-hydrogen) atoms. The lowest BCUT2D eigenvalue weighted by Gasteiger charge is -2.22. The van der Waals surface area contributed by atoms with Gasteiger partial charge in [-0.15, -0.1) is 11.3 Å². The number of rotatable bonds is 6. The number of pyridine rings is 1. The predicted octanol–water partition coefficient (Wildman–Crippen LogP) is 5.20. The first kappa shape index (κ1) is 26.5. The average molecular weight is 566 g/mol. The van der Waals surface area contributed by atoms with Gasteiger partial charge in [0, 0.05) is 24.7 Å². The molecule has 1 aliphatic heterocycles. The van der Waals surface area contributed by atoms with Crippen LogP contribution in [-0.2, 0) is 27.5 Å².